The Morgan fingerprint density at radius 1 is 1.08 bits per heavy atom. The number of aromatic nitrogens is 4. The first-order chi connectivity index (χ1) is 18.3. The number of nitrogens with one attached hydrogen (secondary N) is 3. The molecular formula is C27H31N7O4. The number of aldehydes is 1. The minimum Gasteiger partial charge on any atom is -0.419 e. The summed E-state index contributed by atoms with van der Waals surface area (Å²) in [7, 11) is 1.78. The molecule has 5 rings (SSSR count). The van der Waals surface area contributed by atoms with Gasteiger partial charge < -0.3 is 25.5 Å². The number of allylic oxidation sites excluding steroid dienone is 3. The van der Waals surface area contributed by atoms with E-state index >= 15 is 0 Å². The highest BCUT2D eigenvalue weighted by atomic mass is 16.5. The highest BCUT2D eigenvalue weighted by molar-refractivity contribution is 6.10. The number of carbonyl (C=O) groups excluding carboxylic acids is 3. The average molecular weight is 518 g/mol. The molecule has 0 saturated heterocycles. The first kappa shape index (κ1) is 26.5. The van der Waals surface area contributed by atoms with E-state index in [9.17, 15) is 14.4 Å². The molecular weight excluding hydrogens is 486 g/mol. The fourth-order valence-corrected chi connectivity index (χ4v) is 3.28. The average Bonchev–Trinajstić information content (AvgIpc) is 3.68. The second kappa shape index (κ2) is 11.7. The number of hydrogen-bond acceptors (Lipinski definition) is 8. The van der Waals surface area contributed by atoms with Gasteiger partial charge in [-0.25, -0.2) is 14.5 Å². The quantitative estimate of drug-likeness (QED) is 0.302. The van der Waals surface area contributed by atoms with Crippen molar-refractivity contribution in [2.24, 2.45) is 11.3 Å². The maximum absolute atomic E-state index is 12.8. The van der Waals surface area contributed by atoms with Crippen LogP contribution in [0, 0.1) is 11.3 Å². The number of ether oxygens (including phenoxy) is 1. The van der Waals surface area contributed by atoms with Crippen LogP contribution >= 0.6 is 0 Å². The normalized spacial score (nSPS) is 14.6. The third-order valence-electron chi connectivity index (χ3n) is 5.96. The van der Waals surface area contributed by atoms with E-state index in [4.69, 9.17) is 4.74 Å². The van der Waals surface area contributed by atoms with Crippen molar-refractivity contribution in [3.63, 3.8) is 0 Å². The Balaban J connectivity index is 0.000000603. The third kappa shape index (κ3) is 6.81. The lowest BCUT2D eigenvalue weighted by molar-refractivity contribution is -0.137. The zero-order valence-electron chi connectivity index (χ0n) is 21.6. The highest BCUT2D eigenvalue weighted by Crippen LogP contribution is 2.25. The molecule has 11 nitrogen and oxygen atoms in total. The number of hydrogen-bond donors (Lipinski definition) is 3. The van der Waals surface area contributed by atoms with Crippen LogP contribution in [0.2, 0.25) is 0 Å². The number of rotatable bonds is 8. The largest absolute Gasteiger partial charge is 0.419 e. The summed E-state index contributed by atoms with van der Waals surface area (Å²) >= 11 is 0. The zero-order valence-corrected chi connectivity index (χ0v) is 21.6. The Hall–Kier alpha value is -4.54. The monoisotopic (exact) mass is 517 g/mol. The van der Waals surface area contributed by atoms with Gasteiger partial charge in [-0.15, -0.1) is 5.10 Å². The van der Waals surface area contributed by atoms with Crippen LogP contribution in [0.3, 0.4) is 0 Å². The molecule has 3 aromatic rings. The molecule has 2 amide bonds. The molecule has 0 bridgehead atoms. The number of anilines is 2. The van der Waals surface area contributed by atoms with Crippen molar-refractivity contribution in [3.05, 3.63) is 60.6 Å². The van der Waals surface area contributed by atoms with Gasteiger partial charge in [0.2, 0.25) is 23.6 Å². The lowest BCUT2D eigenvalue weighted by Crippen LogP contribution is -2.44. The van der Waals surface area contributed by atoms with Crippen LogP contribution in [0.25, 0.3) is 5.65 Å². The Kier molecular flexibility index (Phi) is 8.15. The summed E-state index contributed by atoms with van der Waals surface area (Å²) in [6.45, 7) is 3.15. The van der Waals surface area contributed by atoms with Gasteiger partial charge in [0.1, 0.15) is 17.5 Å². The van der Waals surface area contributed by atoms with Gasteiger partial charge in [0, 0.05) is 30.8 Å². The summed E-state index contributed by atoms with van der Waals surface area (Å²) in [5.41, 5.74) is 0.555. The smallest absolute Gasteiger partial charge is 0.239 e. The molecule has 0 atom stereocenters. The number of amides is 2. The standard InChI is InChI=1S/C23H25N7O3.C4H6O/c1-23(2,21(31)26-15-7-5-4-6-8-15)22(32)27-16-9-11-19(25-13-16)33-20-12-10-18-28-17(24-3)14-30(18)29-20;5-3-4-1-2-4/h5,7-14,24H,4,6H2,1-3H3,(H,26,31)(H,27,32);3-4H,1-2H2. The number of imidazole rings is 1. The third-order valence-corrected chi connectivity index (χ3v) is 5.96. The molecule has 3 aromatic heterocycles. The van der Waals surface area contributed by atoms with Gasteiger partial charge in [-0.3, -0.25) is 9.59 Å². The predicted molar refractivity (Wildman–Crippen MR) is 143 cm³/mol. The van der Waals surface area contributed by atoms with E-state index in [0.717, 1.165) is 32.0 Å². The van der Waals surface area contributed by atoms with Gasteiger partial charge in [-0.1, -0.05) is 12.2 Å². The molecule has 0 spiro atoms. The zero-order chi connectivity index (χ0) is 27.1. The van der Waals surface area contributed by atoms with Crippen molar-refractivity contribution in [2.45, 2.75) is 39.5 Å². The minimum atomic E-state index is -1.28. The van der Waals surface area contributed by atoms with Crippen LogP contribution in [0.1, 0.15) is 39.5 Å². The fraction of sp³-hybridized carbons (Fsp3) is 0.333. The Bertz CT molecular complexity index is 1370. The number of pyridine rings is 1. The fourth-order valence-electron chi connectivity index (χ4n) is 3.28. The van der Waals surface area contributed by atoms with Crippen LogP contribution in [0.4, 0.5) is 11.5 Å². The maximum atomic E-state index is 12.8. The second-order valence-electron chi connectivity index (χ2n) is 9.48. The van der Waals surface area contributed by atoms with Crippen LogP contribution in [-0.4, -0.2) is 44.7 Å². The molecule has 38 heavy (non-hydrogen) atoms. The van der Waals surface area contributed by atoms with Crippen LogP contribution in [-0.2, 0) is 14.4 Å². The summed E-state index contributed by atoms with van der Waals surface area (Å²) < 4.78 is 7.30. The molecule has 11 heteroatoms. The Labute approximate surface area is 220 Å². The molecule has 0 aliphatic heterocycles. The molecule has 0 unspecified atom stereocenters. The van der Waals surface area contributed by atoms with Crippen molar-refractivity contribution >= 4 is 35.3 Å². The van der Waals surface area contributed by atoms with Gasteiger partial charge in [0.05, 0.1) is 18.1 Å². The van der Waals surface area contributed by atoms with E-state index in [1.54, 1.807) is 55.9 Å². The lowest BCUT2D eigenvalue weighted by atomic mass is 9.90. The number of fused-ring (bicyclic) bond motifs is 1. The summed E-state index contributed by atoms with van der Waals surface area (Å²) in [5, 5.41) is 12.8. The molecule has 2 aliphatic rings. The Morgan fingerprint density at radius 2 is 1.84 bits per heavy atom. The van der Waals surface area contributed by atoms with Crippen molar-refractivity contribution in [1.29, 1.82) is 0 Å². The highest BCUT2D eigenvalue weighted by Gasteiger charge is 2.36. The van der Waals surface area contributed by atoms with E-state index in [1.807, 2.05) is 18.2 Å². The van der Waals surface area contributed by atoms with Crippen LogP contribution in [0.5, 0.6) is 11.8 Å². The molecule has 0 radical (unpaired) electrons. The Morgan fingerprint density at radius 3 is 2.45 bits per heavy atom. The van der Waals surface area contributed by atoms with Crippen LogP contribution in [0.15, 0.2) is 60.6 Å². The maximum Gasteiger partial charge on any atom is 0.239 e. The van der Waals surface area contributed by atoms with Gasteiger partial charge in [-0.05, 0) is 57.7 Å². The SMILES string of the molecule is CNc1cn2nc(Oc3ccc(NC(=O)C(C)(C)C(=O)NC4=CCCC=C4)cn3)ccc2n1.O=CC1CC1. The van der Waals surface area contributed by atoms with Crippen molar-refractivity contribution in [3.8, 4) is 11.8 Å². The summed E-state index contributed by atoms with van der Waals surface area (Å²) in [6, 6.07) is 6.73. The van der Waals surface area contributed by atoms with Gasteiger partial charge in [0.25, 0.3) is 0 Å². The van der Waals surface area contributed by atoms with E-state index < -0.39 is 11.3 Å². The molecule has 3 N–H and O–H groups in total. The molecule has 1 fully saturated rings. The lowest BCUT2D eigenvalue weighted by Gasteiger charge is -2.23. The summed E-state index contributed by atoms with van der Waals surface area (Å²) in [5.74, 6) is 0.977. The molecule has 0 aromatic carbocycles. The molecule has 3 heterocycles. The second-order valence-corrected chi connectivity index (χ2v) is 9.48. The molecule has 198 valence electrons. The summed E-state index contributed by atoms with van der Waals surface area (Å²) in [6.07, 6.45) is 14.1. The van der Waals surface area contributed by atoms with Gasteiger partial charge in [-0.2, -0.15) is 0 Å². The number of nitrogens with zero attached hydrogens (tertiary/aromatic N) is 4. The first-order valence-electron chi connectivity index (χ1n) is 12.4. The molecule has 2 aliphatic carbocycles. The number of carbonyl (C=O) groups is 3. The van der Waals surface area contributed by atoms with E-state index in [1.165, 1.54) is 6.20 Å². The topological polar surface area (TPSA) is 140 Å². The van der Waals surface area contributed by atoms with Crippen molar-refractivity contribution < 1.29 is 19.1 Å². The first-order valence-corrected chi connectivity index (χ1v) is 12.4. The summed E-state index contributed by atoms with van der Waals surface area (Å²) in [4.78, 5) is 43.5. The molecule has 1 saturated carbocycles. The van der Waals surface area contributed by atoms with Crippen molar-refractivity contribution in [2.75, 3.05) is 17.7 Å². The van der Waals surface area contributed by atoms with E-state index in [0.29, 0.717) is 40.5 Å². The van der Waals surface area contributed by atoms with Crippen molar-refractivity contribution in [1.82, 2.24) is 24.9 Å². The van der Waals surface area contributed by atoms with E-state index in [-0.39, 0.29) is 5.91 Å². The van der Waals surface area contributed by atoms with Gasteiger partial charge in [0.15, 0.2) is 5.65 Å². The predicted octanol–water partition coefficient (Wildman–Crippen LogP) is 3.87. The van der Waals surface area contributed by atoms with Gasteiger partial charge >= 0.3 is 0 Å². The minimum absolute atomic E-state index is 0.307. The van der Waals surface area contributed by atoms with Crippen LogP contribution < -0.4 is 20.7 Å². The van der Waals surface area contributed by atoms with E-state index in [2.05, 4.69) is 31.0 Å².